The number of fused-ring (bicyclic) bond motifs is 1. The molecule has 1 saturated heterocycles. The summed E-state index contributed by atoms with van der Waals surface area (Å²) in [5, 5.41) is 10.2. The SMILES string of the molecule is Cc1cc(Cl)n2ncnc(N3CCC(N(CC(C)C)S(N)(=O)=O)CC3)c12. The van der Waals surface area contributed by atoms with Gasteiger partial charge in [0.05, 0.1) is 0 Å². The van der Waals surface area contributed by atoms with Crippen LogP contribution in [0.25, 0.3) is 5.52 Å². The summed E-state index contributed by atoms with van der Waals surface area (Å²) in [6.45, 7) is 7.79. The Morgan fingerprint density at radius 1 is 1.38 bits per heavy atom. The van der Waals surface area contributed by atoms with E-state index in [4.69, 9.17) is 16.7 Å². The largest absolute Gasteiger partial charge is 0.355 e. The second-order valence-corrected chi connectivity index (χ2v) is 9.11. The topological polar surface area (TPSA) is 96.8 Å². The third kappa shape index (κ3) is 3.80. The smallest absolute Gasteiger partial charge is 0.277 e. The lowest BCUT2D eigenvalue weighted by molar-refractivity contribution is 0.253. The molecule has 0 saturated carbocycles. The predicted octanol–water partition coefficient (Wildman–Crippen LogP) is 1.82. The molecule has 0 spiro atoms. The summed E-state index contributed by atoms with van der Waals surface area (Å²) in [6.07, 6.45) is 2.90. The second-order valence-electron chi connectivity index (χ2n) is 7.22. The van der Waals surface area contributed by atoms with Gasteiger partial charge >= 0.3 is 0 Å². The summed E-state index contributed by atoms with van der Waals surface area (Å²) in [6, 6.07) is 1.78. The Hall–Kier alpha value is -1.42. The highest BCUT2D eigenvalue weighted by Crippen LogP contribution is 2.29. The summed E-state index contributed by atoms with van der Waals surface area (Å²) < 4.78 is 27.1. The number of nitrogens with two attached hydrogens (primary N) is 1. The average molecular weight is 401 g/mol. The van der Waals surface area contributed by atoms with E-state index in [1.807, 2.05) is 26.8 Å². The number of rotatable bonds is 5. The normalized spacial score (nSPS) is 17.0. The zero-order valence-corrected chi connectivity index (χ0v) is 16.8. The van der Waals surface area contributed by atoms with E-state index in [0.717, 1.165) is 16.9 Å². The maximum Gasteiger partial charge on any atom is 0.277 e. The standard InChI is InChI=1S/C16H25ClN6O2S/c1-11(2)9-22(26(18,24)25)13-4-6-21(7-5-13)16-15-12(3)8-14(17)23(15)20-10-19-16/h8,10-11,13H,4-7,9H2,1-3H3,(H2,18,24,25). The van der Waals surface area contributed by atoms with Gasteiger partial charge in [0.15, 0.2) is 5.82 Å². The first-order valence-corrected chi connectivity index (χ1v) is 10.6. The summed E-state index contributed by atoms with van der Waals surface area (Å²) >= 11 is 6.22. The number of aromatic nitrogens is 3. The number of hydrogen-bond acceptors (Lipinski definition) is 5. The monoisotopic (exact) mass is 400 g/mol. The van der Waals surface area contributed by atoms with Gasteiger partial charge in [0.2, 0.25) is 0 Å². The highest BCUT2D eigenvalue weighted by Gasteiger charge is 2.32. The van der Waals surface area contributed by atoms with Gasteiger partial charge in [0.25, 0.3) is 10.2 Å². The maximum atomic E-state index is 12.0. The fraction of sp³-hybridized carbons (Fsp3) is 0.625. The molecule has 0 aromatic carbocycles. The van der Waals surface area contributed by atoms with Crippen molar-refractivity contribution in [1.82, 2.24) is 18.9 Å². The van der Waals surface area contributed by atoms with Crippen molar-refractivity contribution in [2.24, 2.45) is 11.1 Å². The van der Waals surface area contributed by atoms with Crippen LogP contribution in [0.15, 0.2) is 12.4 Å². The Morgan fingerprint density at radius 2 is 2.04 bits per heavy atom. The molecule has 2 N–H and O–H groups in total. The lowest BCUT2D eigenvalue weighted by Crippen LogP contribution is -2.50. The summed E-state index contributed by atoms with van der Waals surface area (Å²) in [5.41, 5.74) is 1.90. The van der Waals surface area contributed by atoms with Crippen LogP contribution in [-0.2, 0) is 10.2 Å². The van der Waals surface area contributed by atoms with Crippen LogP contribution in [0.1, 0.15) is 32.3 Å². The molecule has 0 amide bonds. The van der Waals surface area contributed by atoms with Crippen LogP contribution in [0.5, 0.6) is 0 Å². The molecule has 2 aromatic rings. The average Bonchev–Trinajstić information content (AvgIpc) is 2.86. The Balaban J connectivity index is 1.81. The molecule has 0 bridgehead atoms. The van der Waals surface area contributed by atoms with Crippen LogP contribution in [0, 0.1) is 12.8 Å². The van der Waals surface area contributed by atoms with Gasteiger partial charge in [-0.3, -0.25) is 0 Å². The number of piperidine rings is 1. The van der Waals surface area contributed by atoms with Crippen LogP contribution < -0.4 is 10.0 Å². The van der Waals surface area contributed by atoms with Crippen molar-refractivity contribution in [3.05, 3.63) is 23.1 Å². The van der Waals surface area contributed by atoms with E-state index in [1.165, 1.54) is 10.6 Å². The van der Waals surface area contributed by atoms with E-state index in [0.29, 0.717) is 37.6 Å². The third-order valence-electron chi connectivity index (χ3n) is 4.73. The van der Waals surface area contributed by atoms with Gasteiger partial charge in [-0.25, -0.2) is 14.6 Å². The molecule has 26 heavy (non-hydrogen) atoms. The molecule has 3 heterocycles. The number of hydrogen-bond donors (Lipinski definition) is 1. The highest BCUT2D eigenvalue weighted by atomic mass is 35.5. The van der Waals surface area contributed by atoms with Gasteiger partial charge in [0, 0.05) is 25.7 Å². The predicted molar refractivity (Wildman–Crippen MR) is 103 cm³/mol. The first-order valence-electron chi connectivity index (χ1n) is 8.72. The van der Waals surface area contributed by atoms with Gasteiger partial charge in [-0.05, 0) is 37.3 Å². The van der Waals surface area contributed by atoms with E-state index in [2.05, 4.69) is 15.0 Å². The molecule has 0 radical (unpaired) electrons. The molecule has 0 aliphatic carbocycles. The van der Waals surface area contributed by atoms with Crippen LogP contribution in [-0.4, -0.2) is 53.0 Å². The maximum absolute atomic E-state index is 12.0. The lowest BCUT2D eigenvalue weighted by Gasteiger charge is -2.38. The quantitative estimate of drug-likeness (QED) is 0.825. The fourth-order valence-electron chi connectivity index (χ4n) is 3.58. The molecule has 1 aliphatic rings. The van der Waals surface area contributed by atoms with Crippen molar-refractivity contribution >= 4 is 33.1 Å². The zero-order chi connectivity index (χ0) is 19.1. The first-order chi connectivity index (χ1) is 12.2. The molecule has 1 aliphatic heterocycles. The third-order valence-corrected chi connectivity index (χ3v) is 6.10. The minimum absolute atomic E-state index is 0.0852. The van der Waals surface area contributed by atoms with E-state index in [9.17, 15) is 8.42 Å². The van der Waals surface area contributed by atoms with Gasteiger partial charge in [0.1, 0.15) is 17.0 Å². The van der Waals surface area contributed by atoms with E-state index in [1.54, 1.807) is 4.52 Å². The van der Waals surface area contributed by atoms with Crippen molar-refractivity contribution in [2.75, 3.05) is 24.5 Å². The molecule has 2 aromatic heterocycles. The Bertz CT molecular complexity index is 890. The molecule has 1 fully saturated rings. The number of anilines is 1. The molecular formula is C16H25ClN6O2S. The van der Waals surface area contributed by atoms with Gasteiger partial charge in [-0.15, -0.1) is 0 Å². The highest BCUT2D eigenvalue weighted by molar-refractivity contribution is 7.86. The molecular weight excluding hydrogens is 376 g/mol. The van der Waals surface area contributed by atoms with Crippen LogP contribution >= 0.6 is 11.6 Å². The van der Waals surface area contributed by atoms with E-state index >= 15 is 0 Å². The first kappa shape index (κ1) is 19.3. The Kier molecular flexibility index (Phi) is 5.43. The van der Waals surface area contributed by atoms with Crippen molar-refractivity contribution in [1.29, 1.82) is 0 Å². The van der Waals surface area contributed by atoms with Gasteiger partial charge < -0.3 is 4.90 Å². The molecule has 0 atom stereocenters. The molecule has 8 nitrogen and oxygen atoms in total. The second kappa shape index (κ2) is 7.30. The van der Waals surface area contributed by atoms with Crippen molar-refractivity contribution in [2.45, 2.75) is 39.7 Å². The van der Waals surface area contributed by atoms with Crippen LogP contribution in [0.2, 0.25) is 5.15 Å². The van der Waals surface area contributed by atoms with Gasteiger partial charge in [-0.2, -0.15) is 17.8 Å². The Labute approximate surface area is 159 Å². The molecule has 144 valence electrons. The zero-order valence-electron chi connectivity index (χ0n) is 15.3. The van der Waals surface area contributed by atoms with Crippen LogP contribution in [0.4, 0.5) is 5.82 Å². The summed E-state index contributed by atoms with van der Waals surface area (Å²) in [5.74, 6) is 1.05. The number of aryl methyl sites for hydroxylation is 1. The fourth-order valence-corrected chi connectivity index (χ4v) is 5.00. The van der Waals surface area contributed by atoms with Crippen LogP contribution in [0.3, 0.4) is 0 Å². The number of halogens is 1. The van der Waals surface area contributed by atoms with Gasteiger partial charge in [-0.1, -0.05) is 25.4 Å². The minimum atomic E-state index is -3.71. The Morgan fingerprint density at radius 3 is 2.62 bits per heavy atom. The summed E-state index contributed by atoms with van der Waals surface area (Å²) in [7, 11) is -3.71. The lowest BCUT2D eigenvalue weighted by atomic mass is 10.0. The minimum Gasteiger partial charge on any atom is -0.355 e. The van der Waals surface area contributed by atoms with Crippen molar-refractivity contribution < 1.29 is 8.42 Å². The van der Waals surface area contributed by atoms with Crippen molar-refractivity contribution in [3.8, 4) is 0 Å². The molecule has 10 heteroatoms. The molecule has 0 unspecified atom stereocenters. The van der Waals surface area contributed by atoms with E-state index in [-0.39, 0.29) is 12.0 Å². The number of nitrogens with zero attached hydrogens (tertiary/aromatic N) is 5. The van der Waals surface area contributed by atoms with Crippen molar-refractivity contribution in [3.63, 3.8) is 0 Å². The van der Waals surface area contributed by atoms with E-state index < -0.39 is 10.2 Å². The molecule has 3 rings (SSSR count). The summed E-state index contributed by atoms with van der Waals surface area (Å²) in [4.78, 5) is 6.61.